The van der Waals surface area contributed by atoms with Gasteiger partial charge in [-0.3, -0.25) is 9.78 Å². The Morgan fingerprint density at radius 3 is 2.79 bits per heavy atom. The second-order valence-electron chi connectivity index (χ2n) is 4.92. The molecule has 1 saturated heterocycles. The summed E-state index contributed by atoms with van der Waals surface area (Å²) in [7, 11) is 0. The van der Waals surface area contributed by atoms with Gasteiger partial charge in [-0.2, -0.15) is 0 Å². The van der Waals surface area contributed by atoms with E-state index >= 15 is 0 Å². The molecular formula is C16H16N2O. The van der Waals surface area contributed by atoms with Crippen LogP contribution in [0.1, 0.15) is 22.3 Å². The second kappa shape index (κ2) is 4.84. The number of hydrogen-bond acceptors (Lipinski definition) is 2. The average molecular weight is 252 g/mol. The van der Waals surface area contributed by atoms with E-state index < -0.39 is 0 Å². The zero-order chi connectivity index (χ0) is 13.2. The van der Waals surface area contributed by atoms with E-state index in [9.17, 15) is 4.79 Å². The van der Waals surface area contributed by atoms with E-state index in [1.54, 1.807) is 6.20 Å². The molecule has 0 atom stereocenters. The van der Waals surface area contributed by atoms with Crippen LogP contribution in [0.3, 0.4) is 0 Å². The third kappa shape index (κ3) is 2.24. The number of rotatable bonds is 2. The molecule has 1 aromatic heterocycles. The van der Waals surface area contributed by atoms with Crippen molar-refractivity contribution in [3.63, 3.8) is 0 Å². The van der Waals surface area contributed by atoms with E-state index in [2.05, 4.69) is 4.98 Å². The summed E-state index contributed by atoms with van der Waals surface area (Å²) in [4.78, 5) is 18.2. The highest BCUT2D eigenvalue weighted by Crippen LogP contribution is 2.24. The first-order chi connectivity index (χ1) is 9.25. The lowest BCUT2D eigenvalue weighted by atomic mass is 10.00. The van der Waals surface area contributed by atoms with Gasteiger partial charge in [0.2, 0.25) is 0 Å². The van der Waals surface area contributed by atoms with Crippen LogP contribution in [0.4, 0.5) is 0 Å². The van der Waals surface area contributed by atoms with Crippen molar-refractivity contribution in [3.05, 3.63) is 53.9 Å². The number of benzene rings is 1. The number of aromatic nitrogens is 1. The summed E-state index contributed by atoms with van der Waals surface area (Å²) in [5.41, 5.74) is 4.10. The second-order valence-corrected chi connectivity index (χ2v) is 4.92. The molecule has 1 aliphatic rings. The predicted octanol–water partition coefficient (Wildman–Crippen LogP) is 2.90. The molecular weight excluding hydrogens is 236 g/mol. The average Bonchev–Trinajstić information content (AvgIpc) is 2.37. The minimum atomic E-state index is 0.139. The van der Waals surface area contributed by atoms with Crippen LogP contribution in [0.15, 0.2) is 42.7 Å². The number of pyridine rings is 1. The number of aryl methyl sites for hydroxylation is 1. The first-order valence-corrected chi connectivity index (χ1v) is 6.56. The highest BCUT2D eigenvalue weighted by atomic mass is 16.2. The molecule has 0 bridgehead atoms. The first kappa shape index (κ1) is 11.9. The van der Waals surface area contributed by atoms with Crippen LogP contribution in [-0.4, -0.2) is 28.9 Å². The first-order valence-electron chi connectivity index (χ1n) is 6.56. The summed E-state index contributed by atoms with van der Waals surface area (Å²) in [5.74, 6) is 0.139. The lowest BCUT2D eigenvalue weighted by molar-refractivity contribution is 0.0652. The van der Waals surface area contributed by atoms with Crippen LogP contribution >= 0.6 is 0 Å². The molecule has 0 spiro atoms. The number of carbonyl (C=O) groups is 1. The summed E-state index contributed by atoms with van der Waals surface area (Å²) in [6.45, 7) is 3.81. The van der Waals surface area contributed by atoms with Gasteiger partial charge in [0.15, 0.2) is 0 Å². The van der Waals surface area contributed by atoms with E-state index in [4.69, 9.17) is 0 Å². The van der Waals surface area contributed by atoms with Crippen molar-refractivity contribution < 1.29 is 4.79 Å². The van der Waals surface area contributed by atoms with Gasteiger partial charge in [0.1, 0.15) is 0 Å². The van der Waals surface area contributed by atoms with Gasteiger partial charge in [-0.15, -0.1) is 0 Å². The van der Waals surface area contributed by atoms with Crippen molar-refractivity contribution in [2.24, 2.45) is 0 Å². The molecule has 3 heteroatoms. The van der Waals surface area contributed by atoms with Crippen LogP contribution in [0.5, 0.6) is 0 Å². The number of nitrogens with zero attached hydrogens (tertiary/aromatic N) is 2. The van der Waals surface area contributed by atoms with Crippen LogP contribution < -0.4 is 0 Å². The molecule has 3 nitrogen and oxygen atoms in total. The summed E-state index contributed by atoms with van der Waals surface area (Å²) in [5, 5.41) is 0. The fraction of sp³-hybridized carbons (Fsp3) is 0.250. The Morgan fingerprint density at radius 2 is 2.11 bits per heavy atom. The molecule has 1 aromatic carbocycles. The normalized spacial score (nSPS) is 14.1. The van der Waals surface area contributed by atoms with Gasteiger partial charge in [0, 0.05) is 31.0 Å². The lowest BCUT2D eigenvalue weighted by Crippen LogP contribution is -2.41. The number of hydrogen-bond donors (Lipinski definition) is 0. The smallest absolute Gasteiger partial charge is 0.253 e. The molecule has 2 aromatic rings. The van der Waals surface area contributed by atoms with Gasteiger partial charge in [0.25, 0.3) is 5.91 Å². The topological polar surface area (TPSA) is 33.2 Å². The quantitative estimate of drug-likeness (QED) is 0.823. The van der Waals surface area contributed by atoms with Gasteiger partial charge in [0.05, 0.1) is 0 Å². The van der Waals surface area contributed by atoms with Crippen LogP contribution in [-0.2, 0) is 0 Å². The molecule has 0 aliphatic carbocycles. The Balaban J connectivity index is 1.96. The van der Waals surface area contributed by atoms with Crippen molar-refractivity contribution in [2.45, 2.75) is 13.3 Å². The maximum atomic E-state index is 12.2. The highest BCUT2D eigenvalue weighted by Gasteiger charge is 2.21. The Morgan fingerprint density at radius 1 is 1.26 bits per heavy atom. The maximum absolute atomic E-state index is 12.2. The summed E-state index contributed by atoms with van der Waals surface area (Å²) in [6.07, 6.45) is 4.75. The van der Waals surface area contributed by atoms with Crippen molar-refractivity contribution in [1.29, 1.82) is 0 Å². The Bertz CT molecular complexity index is 618. The molecule has 0 unspecified atom stereocenters. The summed E-state index contributed by atoms with van der Waals surface area (Å²) >= 11 is 0. The lowest BCUT2D eigenvalue weighted by Gasteiger charge is -2.31. The predicted molar refractivity (Wildman–Crippen MR) is 74.9 cm³/mol. The van der Waals surface area contributed by atoms with Crippen LogP contribution in [0.2, 0.25) is 0 Å². The molecule has 0 N–H and O–H groups in total. The molecule has 0 radical (unpaired) electrons. The zero-order valence-electron chi connectivity index (χ0n) is 11.0. The fourth-order valence-corrected chi connectivity index (χ4v) is 2.32. The molecule has 19 heavy (non-hydrogen) atoms. The largest absolute Gasteiger partial charge is 0.339 e. The third-order valence-corrected chi connectivity index (χ3v) is 3.58. The van der Waals surface area contributed by atoms with E-state index in [1.165, 1.54) is 0 Å². The molecule has 2 heterocycles. The molecule has 3 rings (SSSR count). The monoisotopic (exact) mass is 252 g/mol. The molecule has 1 aliphatic heterocycles. The molecule has 0 saturated carbocycles. The number of carbonyl (C=O) groups excluding carboxylic acids is 1. The van der Waals surface area contributed by atoms with Crippen LogP contribution in [0, 0.1) is 6.92 Å². The van der Waals surface area contributed by atoms with Crippen LogP contribution in [0.25, 0.3) is 11.1 Å². The van der Waals surface area contributed by atoms with Gasteiger partial charge in [-0.1, -0.05) is 12.1 Å². The van der Waals surface area contributed by atoms with Gasteiger partial charge in [-0.05, 0) is 48.2 Å². The van der Waals surface area contributed by atoms with E-state index in [-0.39, 0.29) is 5.91 Å². The van der Waals surface area contributed by atoms with E-state index in [0.717, 1.165) is 41.8 Å². The highest BCUT2D eigenvalue weighted by molar-refractivity contribution is 5.96. The van der Waals surface area contributed by atoms with Crippen molar-refractivity contribution in [3.8, 4) is 11.1 Å². The SMILES string of the molecule is Cc1cnccc1-c1cccc(C(=O)N2CCC2)c1. The zero-order valence-corrected chi connectivity index (χ0v) is 11.0. The van der Waals surface area contributed by atoms with Crippen molar-refractivity contribution in [1.82, 2.24) is 9.88 Å². The Labute approximate surface area is 112 Å². The van der Waals surface area contributed by atoms with E-state index in [0.29, 0.717) is 0 Å². The standard InChI is InChI=1S/C16H16N2O/c1-12-11-17-7-6-15(12)13-4-2-5-14(10-13)16(19)18-8-3-9-18/h2,4-7,10-11H,3,8-9H2,1H3. The van der Waals surface area contributed by atoms with E-state index in [1.807, 2.05) is 48.4 Å². The molecule has 1 fully saturated rings. The molecule has 1 amide bonds. The minimum absolute atomic E-state index is 0.139. The number of amides is 1. The Kier molecular flexibility index (Phi) is 3.03. The third-order valence-electron chi connectivity index (χ3n) is 3.58. The minimum Gasteiger partial charge on any atom is -0.339 e. The summed E-state index contributed by atoms with van der Waals surface area (Å²) < 4.78 is 0. The number of likely N-dealkylation sites (tertiary alicyclic amines) is 1. The summed E-state index contributed by atoms with van der Waals surface area (Å²) in [6, 6.07) is 9.84. The molecule has 96 valence electrons. The van der Waals surface area contributed by atoms with Crippen molar-refractivity contribution in [2.75, 3.05) is 13.1 Å². The van der Waals surface area contributed by atoms with Crippen molar-refractivity contribution >= 4 is 5.91 Å². The Hall–Kier alpha value is -2.16. The van der Waals surface area contributed by atoms with Gasteiger partial charge >= 0.3 is 0 Å². The fourth-order valence-electron chi connectivity index (χ4n) is 2.32. The van der Waals surface area contributed by atoms with Gasteiger partial charge in [-0.25, -0.2) is 0 Å². The maximum Gasteiger partial charge on any atom is 0.253 e. The van der Waals surface area contributed by atoms with Gasteiger partial charge < -0.3 is 4.90 Å².